The Balaban J connectivity index is 1.87. The van der Waals surface area contributed by atoms with Gasteiger partial charge in [-0.1, -0.05) is 6.07 Å². The maximum atomic E-state index is 13.3. The van der Waals surface area contributed by atoms with Crippen LogP contribution >= 0.6 is 12.6 Å². The average molecular weight is 359 g/mol. The second-order valence-electron chi connectivity index (χ2n) is 6.84. The summed E-state index contributed by atoms with van der Waals surface area (Å²) in [4.78, 5) is 20.0. The number of thiol groups is 1. The SMILES string of the molecule is Cc1nc(N)c(C=O)c(C2(S)CCC(c3ccc(F)cc3C)CC2)n1. The molecule has 0 saturated heterocycles. The third-order valence-electron chi connectivity index (χ3n) is 5.13. The molecule has 1 heterocycles. The van der Waals surface area contributed by atoms with Crippen LogP contribution in [0.25, 0.3) is 0 Å². The fourth-order valence-corrected chi connectivity index (χ4v) is 4.24. The summed E-state index contributed by atoms with van der Waals surface area (Å²) in [6.07, 6.45) is 4.06. The molecule has 0 radical (unpaired) electrons. The van der Waals surface area contributed by atoms with Gasteiger partial charge in [-0.25, -0.2) is 14.4 Å². The number of aryl methyl sites for hydroxylation is 2. The van der Waals surface area contributed by atoms with Crippen molar-refractivity contribution in [3.8, 4) is 0 Å². The number of aldehydes is 1. The van der Waals surface area contributed by atoms with E-state index in [1.54, 1.807) is 13.0 Å². The van der Waals surface area contributed by atoms with Gasteiger partial charge in [0.1, 0.15) is 17.5 Å². The molecule has 4 nitrogen and oxygen atoms in total. The summed E-state index contributed by atoms with van der Waals surface area (Å²) in [6, 6.07) is 4.98. The number of hydrogen-bond acceptors (Lipinski definition) is 5. The third kappa shape index (κ3) is 3.40. The number of aromatic nitrogens is 2. The fourth-order valence-electron chi connectivity index (χ4n) is 3.81. The predicted molar refractivity (Wildman–Crippen MR) is 99.6 cm³/mol. The molecule has 0 atom stereocenters. The smallest absolute Gasteiger partial charge is 0.155 e. The molecule has 0 unspecified atom stereocenters. The highest BCUT2D eigenvalue weighted by Crippen LogP contribution is 2.48. The van der Waals surface area contributed by atoms with Crippen LogP contribution in [0.1, 0.15) is 64.6 Å². The van der Waals surface area contributed by atoms with E-state index < -0.39 is 4.75 Å². The molecule has 0 aliphatic heterocycles. The first-order valence-corrected chi connectivity index (χ1v) is 8.87. The van der Waals surface area contributed by atoms with Crippen molar-refractivity contribution in [1.29, 1.82) is 0 Å². The van der Waals surface area contributed by atoms with E-state index in [0.29, 0.717) is 23.0 Å². The van der Waals surface area contributed by atoms with E-state index in [0.717, 1.165) is 37.5 Å². The van der Waals surface area contributed by atoms with Crippen LogP contribution in [-0.2, 0) is 4.75 Å². The summed E-state index contributed by atoms with van der Waals surface area (Å²) in [5.74, 6) is 0.912. The molecule has 2 N–H and O–H groups in total. The van der Waals surface area contributed by atoms with E-state index in [1.165, 1.54) is 11.6 Å². The zero-order chi connectivity index (χ0) is 18.2. The number of carbonyl (C=O) groups is 1. The number of benzene rings is 1. The predicted octanol–water partition coefficient (Wildman–Crippen LogP) is 4.11. The molecule has 1 saturated carbocycles. The molecule has 1 aliphatic rings. The van der Waals surface area contributed by atoms with Gasteiger partial charge in [-0.15, -0.1) is 0 Å². The fraction of sp³-hybridized carbons (Fsp3) is 0.421. The number of nitrogen functional groups attached to an aromatic ring is 1. The normalized spacial score (nSPS) is 23.4. The minimum absolute atomic E-state index is 0.205. The molecule has 0 spiro atoms. The second-order valence-corrected chi connectivity index (χ2v) is 7.70. The summed E-state index contributed by atoms with van der Waals surface area (Å²) in [5.41, 5.74) is 9.04. The number of nitrogens with two attached hydrogens (primary N) is 1. The van der Waals surface area contributed by atoms with Crippen LogP contribution in [0.15, 0.2) is 18.2 Å². The first kappa shape index (κ1) is 17.9. The van der Waals surface area contributed by atoms with Crippen molar-refractivity contribution in [3.63, 3.8) is 0 Å². The van der Waals surface area contributed by atoms with E-state index in [4.69, 9.17) is 18.4 Å². The van der Waals surface area contributed by atoms with Gasteiger partial charge in [0.15, 0.2) is 6.29 Å². The monoisotopic (exact) mass is 359 g/mol. The van der Waals surface area contributed by atoms with Gasteiger partial charge in [-0.05, 0) is 68.7 Å². The van der Waals surface area contributed by atoms with Crippen molar-refractivity contribution in [2.75, 3.05) is 5.73 Å². The van der Waals surface area contributed by atoms with Gasteiger partial charge in [0.2, 0.25) is 0 Å². The van der Waals surface area contributed by atoms with Gasteiger partial charge in [-0.3, -0.25) is 4.79 Å². The van der Waals surface area contributed by atoms with Crippen LogP contribution in [0.4, 0.5) is 10.2 Å². The minimum atomic E-state index is -0.498. The molecule has 6 heteroatoms. The first-order chi connectivity index (χ1) is 11.8. The van der Waals surface area contributed by atoms with E-state index in [1.807, 2.05) is 13.0 Å². The Morgan fingerprint density at radius 3 is 2.56 bits per heavy atom. The van der Waals surface area contributed by atoms with Gasteiger partial charge in [0.25, 0.3) is 0 Å². The van der Waals surface area contributed by atoms with Crippen LogP contribution in [0.2, 0.25) is 0 Å². The summed E-state index contributed by atoms with van der Waals surface area (Å²) in [7, 11) is 0. The number of hydrogen-bond donors (Lipinski definition) is 2. The van der Waals surface area contributed by atoms with E-state index in [2.05, 4.69) is 9.97 Å². The summed E-state index contributed by atoms with van der Waals surface area (Å²) in [5, 5.41) is 0. The van der Waals surface area contributed by atoms with Crippen molar-refractivity contribution in [3.05, 3.63) is 52.2 Å². The van der Waals surface area contributed by atoms with Crippen LogP contribution < -0.4 is 5.73 Å². The Morgan fingerprint density at radius 2 is 1.96 bits per heavy atom. The Bertz CT molecular complexity index is 817. The minimum Gasteiger partial charge on any atom is -0.383 e. The van der Waals surface area contributed by atoms with Crippen molar-refractivity contribution in [2.24, 2.45) is 0 Å². The van der Waals surface area contributed by atoms with Gasteiger partial charge < -0.3 is 5.73 Å². The summed E-state index contributed by atoms with van der Waals surface area (Å²) >= 11 is 4.89. The number of rotatable bonds is 3. The molecule has 25 heavy (non-hydrogen) atoms. The van der Waals surface area contributed by atoms with Crippen LogP contribution in [-0.4, -0.2) is 16.3 Å². The molecule has 1 aromatic carbocycles. The van der Waals surface area contributed by atoms with Gasteiger partial charge >= 0.3 is 0 Å². The number of halogens is 1. The van der Waals surface area contributed by atoms with Crippen molar-refractivity contribution in [2.45, 2.75) is 50.2 Å². The molecule has 1 aliphatic carbocycles. The van der Waals surface area contributed by atoms with Crippen molar-refractivity contribution in [1.82, 2.24) is 9.97 Å². The summed E-state index contributed by atoms with van der Waals surface area (Å²) < 4.78 is 12.8. The van der Waals surface area contributed by atoms with Crippen molar-refractivity contribution >= 4 is 24.7 Å². The average Bonchev–Trinajstić information content (AvgIpc) is 2.55. The molecule has 132 valence electrons. The quantitative estimate of drug-likeness (QED) is 0.639. The van der Waals surface area contributed by atoms with Crippen molar-refractivity contribution < 1.29 is 9.18 Å². The Morgan fingerprint density at radius 1 is 1.28 bits per heavy atom. The standard InChI is InChI=1S/C19H22FN3OS/c1-11-9-14(20)3-4-15(11)13-5-7-19(25,8-6-13)17-16(10-24)18(21)23-12(2)22-17/h3-4,9-10,13,25H,5-8H2,1-2H3,(H2,21,22,23). The second kappa shape index (κ2) is 6.75. The van der Waals surface area contributed by atoms with Gasteiger partial charge in [-0.2, -0.15) is 12.6 Å². The number of carbonyl (C=O) groups excluding carboxylic acids is 1. The molecular weight excluding hydrogens is 337 g/mol. The van der Waals surface area contributed by atoms with E-state index >= 15 is 0 Å². The maximum absolute atomic E-state index is 13.3. The molecule has 0 amide bonds. The lowest BCUT2D eigenvalue weighted by molar-refractivity contribution is 0.112. The van der Waals surface area contributed by atoms with Gasteiger partial charge in [0, 0.05) is 0 Å². The highest BCUT2D eigenvalue weighted by Gasteiger charge is 2.38. The molecule has 3 rings (SSSR count). The molecule has 1 fully saturated rings. The first-order valence-electron chi connectivity index (χ1n) is 8.42. The Kier molecular flexibility index (Phi) is 4.82. The van der Waals surface area contributed by atoms with Crippen LogP contribution in [0.5, 0.6) is 0 Å². The lowest BCUT2D eigenvalue weighted by atomic mass is 9.75. The highest BCUT2D eigenvalue weighted by molar-refractivity contribution is 7.81. The van der Waals surface area contributed by atoms with E-state index in [9.17, 15) is 9.18 Å². The zero-order valence-electron chi connectivity index (χ0n) is 14.4. The Labute approximate surface area is 152 Å². The maximum Gasteiger partial charge on any atom is 0.155 e. The largest absolute Gasteiger partial charge is 0.383 e. The van der Waals surface area contributed by atoms with Gasteiger partial charge in [0.05, 0.1) is 16.0 Å². The molecule has 2 aromatic rings. The Hall–Kier alpha value is -1.95. The topological polar surface area (TPSA) is 68.9 Å². The molecular formula is C19H22FN3OS. The summed E-state index contributed by atoms with van der Waals surface area (Å²) in [6.45, 7) is 3.71. The number of anilines is 1. The molecule has 1 aromatic heterocycles. The molecule has 0 bridgehead atoms. The zero-order valence-corrected chi connectivity index (χ0v) is 15.3. The van der Waals surface area contributed by atoms with Crippen LogP contribution in [0, 0.1) is 19.7 Å². The highest BCUT2D eigenvalue weighted by atomic mass is 32.1. The lowest BCUT2D eigenvalue weighted by Gasteiger charge is -2.37. The van der Waals surface area contributed by atoms with Crippen LogP contribution in [0.3, 0.4) is 0 Å². The third-order valence-corrected chi connectivity index (χ3v) is 5.79. The number of nitrogens with zero attached hydrogens (tertiary/aromatic N) is 2. The van der Waals surface area contributed by atoms with E-state index in [-0.39, 0.29) is 11.6 Å². The lowest BCUT2D eigenvalue weighted by Crippen LogP contribution is -2.29.